The summed E-state index contributed by atoms with van der Waals surface area (Å²) in [6, 6.07) is 15.2. The number of carbonyl (C=O) groups excluding carboxylic acids is 3. The van der Waals surface area contributed by atoms with E-state index >= 15 is 0 Å². The van der Waals surface area contributed by atoms with E-state index in [2.05, 4.69) is 5.32 Å². The SMILES string of the molecule is Cc1cccc(NC(=O)CN2CCN(Cc3ccccc3C)C(=O)C2=O)c1. The minimum atomic E-state index is -0.630. The molecule has 0 aliphatic carbocycles. The molecule has 0 spiro atoms. The fourth-order valence-electron chi connectivity index (χ4n) is 3.11. The highest BCUT2D eigenvalue weighted by Crippen LogP contribution is 2.14. The van der Waals surface area contributed by atoms with E-state index in [-0.39, 0.29) is 12.5 Å². The Morgan fingerprint density at radius 2 is 1.67 bits per heavy atom. The van der Waals surface area contributed by atoms with E-state index in [1.807, 2.05) is 56.3 Å². The summed E-state index contributed by atoms with van der Waals surface area (Å²) in [5.41, 5.74) is 3.81. The van der Waals surface area contributed by atoms with Crippen LogP contribution in [0.1, 0.15) is 16.7 Å². The quantitative estimate of drug-likeness (QED) is 0.825. The van der Waals surface area contributed by atoms with Crippen molar-refractivity contribution in [3.05, 3.63) is 65.2 Å². The van der Waals surface area contributed by atoms with Gasteiger partial charge in [0.15, 0.2) is 0 Å². The highest BCUT2D eigenvalue weighted by molar-refractivity contribution is 6.35. The van der Waals surface area contributed by atoms with Crippen molar-refractivity contribution in [1.82, 2.24) is 9.80 Å². The molecule has 140 valence electrons. The lowest BCUT2D eigenvalue weighted by atomic mass is 10.1. The molecule has 0 bridgehead atoms. The summed E-state index contributed by atoms with van der Waals surface area (Å²) in [7, 11) is 0. The second-order valence-corrected chi connectivity index (χ2v) is 6.80. The molecule has 3 rings (SSSR count). The number of amides is 3. The molecule has 6 nitrogen and oxygen atoms in total. The molecule has 0 radical (unpaired) electrons. The van der Waals surface area contributed by atoms with Crippen LogP contribution < -0.4 is 5.32 Å². The van der Waals surface area contributed by atoms with Crippen LogP contribution in [0.3, 0.4) is 0 Å². The van der Waals surface area contributed by atoms with Crippen molar-refractivity contribution >= 4 is 23.4 Å². The molecule has 1 saturated heterocycles. The van der Waals surface area contributed by atoms with Gasteiger partial charge in [0.2, 0.25) is 5.91 Å². The zero-order valence-corrected chi connectivity index (χ0v) is 15.6. The van der Waals surface area contributed by atoms with Crippen molar-refractivity contribution < 1.29 is 14.4 Å². The maximum absolute atomic E-state index is 12.4. The van der Waals surface area contributed by atoms with Crippen molar-refractivity contribution in [2.45, 2.75) is 20.4 Å². The Bertz CT molecular complexity index is 878. The summed E-state index contributed by atoms with van der Waals surface area (Å²) in [6.45, 7) is 4.95. The van der Waals surface area contributed by atoms with Crippen molar-refractivity contribution in [3.63, 3.8) is 0 Å². The Morgan fingerprint density at radius 1 is 0.963 bits per heavy atom. The van der Waals surface area contributed by atoms with Gasteiger partial charge in [0.1, 0.15) is 6.54 Å². The average molecular weight is 365 g/mol. The van der Waals surface area contributed by atoms with Crippen molar-refractivity contribution in [1.29, 1.82) is 0 Å². The van der Waals surface area contributed by atoms with Gasteiger partial charge in [-0.3, -0.25) is 14.4 Å². The number of anilines is 1. The highest BCUT2D eigenvalue weighted by atomic mass is 16.2. The number of rotatable bonds is 5. The Kier molecular flexibility index (Phi) is 5.54. The Labute approximate surface area is 158 Å². The van der Waals surface area contributed by atoms with Gasteiger partial charge in [-0.2, -0.15) is 0 Å². The average Bonchev–Trinajstić information content (AvgIpc) is 2.63. The molecule has 3 amide bonds. The maximum atomic E-state index is 12.4. The summed E-state index contributed by atoms with van der Waals surface area (Å²) in [5.74, 6) is -1.50. The molecule has 1 N–H and O–H groups in total. The summed E-state index contributed by atoms with van der Waals surface area (Å²) in [6.07, 6.45) is 0. The number of hydrogen-bond acceptors (Lipinski definition) is 3. The maximum Gasteiger partial charge on any atom is 0.312 e. The highest BCUT2D eigenvalue weighted by Gasteiger charge is 2.33. The van der Waals surface area contributed by atoms with E-state index in [9.17, 15) is 14.4 Å². The van der Waals surface area contributed by atoms with Gasteiger partial charge >= 0.3 is 11.8 Å². The summed E-state index contributed by atoms with van der Waals surface area (Å²) in [4.78, 5) is 39.9. The second-order valence-electron chi connectivity index (χ2n) is 6.80. The van der Waals surface area contributed by atoms with Crippen molar-refractivity contribution in [3.8, 4) is 0 Å². The first-order valence-electron chi connectivity index (χ1n) is 8.93. The molecule has 1 aliphatic heterocycles. The molecule has 0 saturated carbocycles. The molecule has 27 heavy (non-hydrogen) atoms. The molecule has 0 unspecified atom stereocenters. The number of aryl methyl sites for hydroxylation is 2. The van der Waals surface area contributed by atoms with Gasteiger partial charge in [0.05, 0.1) is 0 Å². The number of benzene rings is 2. The Balaban J connectivity index is 1.58. The van der Waals surface area contributed by atoms with E-state index in [0.717, 1.165) is 16.7 Å². The van der Waals surface area contributed by atoms with E-state index in [0.29, 0.717) is 25.3 Å². The van der Waals surface area contributed by atoms with Gasteiger partial charge in [0.25, 0.3) is 0 Å². The van der Waals surface area contributed by atoms with Crippen LogP contribution in [0, 0.1) is 13.8 Å². The lowest BCUT2D eigenvalue weighted by Gasteiger charge is -2.33. The number of nitrogens with zero attached hydrogens (tertiary/aromatic N) is 2. The van der Waals surface area contributed by atoms with Crippen LogP contribution >= 0.6 is 0 Å². The van der Waals surface area contributed by atoms with Gasteiger partial charge in [-0.1, -0.05) is 36.4 Å². The number of piperazine rings is 1. The number of hydrogen-bond donors (Lipinski definition) is 1. The summed E-state index contributed by atoms with van der Waals surface area (Å²) < 4.78 is 0. The molecule has 6 heteroatoms. The summed E-state index contributed by atoms with van der Waals surface area (Å²) >= 11 is 0. The minimum absolute atomic E-state index is 0.128. The molecule has 0 atom stereocenters. The Hall–Kier alpha value is -3.15. The van der Waals surface area contributed by atoms with E-state index in [1.165, 1.54) is 4.90 Å². The van der Waals surface area contributed by atoms with Crippen LogP contribution in [0.15, 0.2) is 48.5 Å². The van der Waals surface area contributed by atoms with Gasteiger partial charge in [-0.05, 0) is 42.7 Å². The van der Waals surface area contributed by atoms with Crippen LogP contribution in [-0.4, -0.2) is 47.2 Å². The van der Waals surface area contributed by atoms with Crippen LogP contribution in [0.4, 0.5) is 5.69 Å². The van der Waals surface area contributed by atoms with Crippen molar-refractivity contribution in [2.24, 2.45) is 0 Å². The van der Waals surface area contributed by atoms with Gasteiger partial charge in [0, 0.05) is 25.3 Å². The smallest absolute Gasteiger partial charge is 0.312 e. The minimum Gasteiger partial charge on any atom is -0.328 e. The topological polar surface area (TPSA) is 69.7 Å². The van der Waals surface area contributed by atoms with Crippen LogP contribution in [0.2, 0.25) is 0 Å². The molecule has 1 heterocycles. The van der Waals surface area contributed by atoms with E-state index < -0.39 is 11.8 Å². The normalized spacial score (nSPS) is 14.4. The predicted octanol–water partition coefficient (Wildman–Crippen LogP) is 2.11. The fourth-order valence-corrected chi connectivity index (χ4v) is 3.11. The van der Waals surface area contributed by atoms with E-state index in [4.69, 9.17) is 0 Å². The summed E-state index contributed by atoms with van der Waals surface area (Å²) in [5, 5.41) is 2.77. The molecule has 1 fully saturated rings. The Morgan fingerprint density at radius 3 is 2.41 bits per heavy atom. The first kappa shape index (κ1) is 18.6. The molecular formula is C21H23N3O3. The number of nitrogens with one attached hydrogen (secondary N) is 1. The molecule has 0 aromatic heterocycles. The lowest BCUT2D eigenvalue weighted by Crippen LogP contribution is -2.55. The third kappa shape index (κ3) is 4.53. The van der Waals surface area contributed by atoms with Gasteiger partial charge < -0.3 is 15.1 Å². The van der Waals surface area contributed by atoms with Crippen LogP contribution in [0.25, 0.3) is 0 Å². The zero-order valence-electron chi connectivity index (χ0n) is 15.6. The second kappa shape index (κ2) is 8.03. The molecule has 1 aliphatic rings. The molecular weight excluding hydrogens is 342 g/mol. The zero-order chi connectivity index (χ0) is 19.4. The van der Waals surface area contributed by atoms with Crippen LogP contribution in [0.5, 0.6) is 0 Å². The van der Waals surface area contributed by atoms with Gasteiger partial charge in [-0.15, -0.1) is 0 Å². The largest absolute Gasteiger partial charge is 0.328 e. The predicted molar refractivity (Wildman–Crippen MR) is 103 cm³/mol. The van der Waals surface area contributed by atoms with E-state index in [1.54, 1.807) is 11.0 Å². The lowest BCUT2D eigenvalue weighted by molar-refractivity contribution is -0.157. The standard InChI is InChI=1S/C21H23N3O3/c1-15-6-5-9-18(12-15)22-19(25)14-24-11-10-23(20(26)21(24)27)13-17-8-4-3-7-16(17)2/h3-9,12H,10-11,13-14H2,1-2H3,(H,22,25). The first-order chi connectivity index (χ1) is 12.9. The molecule has 2 aromatic rings. The first-order valence-corrected chi connectivity index (χ1v) is 8.93. The van der Waals surface area contributed by atoms with Gasteiger partial charge in [-0.25, -0.2) is 0 Å². The fraction of sp³-hybridized carbons (Fsp3) is 0.286. The number of carbonyl (C=O) groups is 3. The monoisotopic (exact) mass is 365 g/mol. The molecule has 2 aromatic carbocycles. The third-order valence-corrected chi connectivity index (χ3v) is 4.66. The van der Waals surface area contributed by atoms with Crippen LogP contribution in [-0.2, 0) is 20.9 Å². The van der Waals surface area contributed by atoms with Crippen molar-refractivity contribution in [2.75, 3.05) is 25.0 Å². The third-order valence-electron chi connectivity index (χ3n) is 4.66.